The van der Waals surface area contributed by atoms with Crippen LogP contribution in [0.2, 0.25) is 5.02 Å². The molecule has 6 heteroatoms. The van der Waals surface area contributed by atoms with Gasteiger partial charge in [0.2, 0.25) is 0 Å². The third-order valence-electron chi connectivity index (χ3n) is 3.94. The van der Waals surface area contributed by atoms with Gasteiger partial charge in [-0.15, -0.1) is 0 Å². The van der Waals surface area contributed by atoms with Crippen LogP contribution in [-0.2, 0) is 4.79 Å². The molecule has 0 radical (unpaired) electrons. The first kappa shape index (κ1) is 19.6. The zero-order valence-corrected chi connectivity index (χ0v) is 16.5. The van der Waals surface area contributed by atoms with E-state index < -0.39 is 0 Å². The van der Waals surface area contributed by atoms with Crippen molar-refractivity contribution in [2.24, 2.45) is 0 Å². The first-order valence-electron chi connectivity index (χ1n) is 8.15. The van der Waals surface area contributed by atoms with E-state index in [2.05, 4.69) is 6.92 Å². The van der Waals surface area contributed by atoms with Crippen molar-refractivity contribution >= 4 is 34.9 Å². The van der Waals surface area contributed by atoms with Gasteiger partial charge in [0.05, 0.1) is 22.6 Å². The minimum Gasteiger partial charge on any atom is -0.496 e. The van der Waals surface area contributed by atoms with Crippen molar-refractivity contribution in [2.75, 3.05) is 13.7 Å². The number of allylic oxidation sites excluding steroid dienone is 3. The highest BCUT2D eigenvalue weighted by Gasteiger charge is 2.28. The smallest absolute Gasteiger partial charge is 0.192 e. The number of benzene rings is 1. The Kier molecular flexibility index (Phi) is 6.73. The van der Waals surface area contributed by atoms with E-state index in [0.29, 0.717) is 21.2 Å². The maximum absolute atomic E-state index is 12.8. The van der Waals surface area contributed by atoms with Crippen LogP contribution in [0.3, 0.4) is 0 Å². The minimum absolute atomic E-state index is 0.0141. The van der Waals surface area contributed by atoms with Crippen molar-refractivity contribution in [3.63, 3.8) is 0 Å². The summed E-state index contributed by atoms with van der Waals surface area (Å²) in [4.78, 5) is 27.4. The van der Waals surface area contributed by atoms with E-state index in [1.54, 1.807) is 31.2 Å². The maximum Gasteiger partial charge on any atom is 0.192 e. The molecule has 0 spiro atoms. The van der Waals surface area contributed by atoms with Gasteiger partial charge in [-0.2, -0.15) is 0 Å². The molecule has 0 saturated carbocycles. The number of hydrogen-bond acceptors (Lipinski definition) is 5. The summed E-state index contributed by atoms with van der Waals surface area (Å²) in [6.45, 7) is 6.36. The summed E-state index contributed by atoms with van der Waals surface area (Å²) in [5.74, 6) is 0.298. The van der Waals surface area contributed by atoms with Crippen molar-refractivity contribution in [2.45, 2.75) is 33.6 Å². The monoisotopic (exact) mass is 379 g/mol. The zero-order valence-electron chi connectivity index (χ0n) is 14.9. The summed E-state index contributed by atoms with van der Waals surface area (Å²) in [5, 5.41) is 1.24. The number of unbranched alkanes of at least 4 members (excludes halogenated alkanes) is 1. The standard InChI is InChI=1S/C19H22ClNO3S/c1-5-6-9-21-12(2)19(13(3)22)25-18(21)11-16(23)15-10-14(20)7-8-17(15)24-4/h7-8,10-11H,5-6,9H2,1-4H3/b18-11-. The second-order valence-electron chi connectivity index (χ2n) is 5.77. The van der Waals surface area contributed by atoms with Gasteiger partial charge < -0.3 is 9.64 Å². The van der Waals surface area contributed by atoms with E-state index in [1.165, 1.54) is 18.9 Å². The Morgan fingerprint density at radius 3 is 2.68 bits per heavy atom. The molecule has 134 valence electrons. The molecule has 0 aliphatic carbocycles. The highest BCUT2D eigenvalue weighted by atomic mass is 35.5. The first-order valence-corrected chi connectivity index (χ1v) is 9.35. The molecule has 2 rings (SSSR count). The Morgan fingerprint density at radius 2 is 2.08 bits per heavy atom. The van der Waals surface area contributed by atoms with Crippen LogP contribution in [0.4, 0.5) is 0 Å². The molecule has 0 bridgehead atoms. The van der Waals surface area contributed by atoms with Crippen molar-refractivity contribution in [3.05, 3.63) is 50.5 Å². The van der Waals surface area contributed by atoms with E-state index >= 15 is 0 Å². The summed E-state index contributed by atoms with van der Waals surface area (Å²) in [5.41, 5.74) is 1.32. The van der Waals surface area contributed by atoms with Gasteiger partial charge >= 0.3 is 0 Å². The zero-order chi connectivity index (χ0) is 18.6. The highest BCUT2D eigenvalue weighted by Crippen LogP contribution is 2.42. The molecule has 1 aromatic carbocycles. The number of ether oxygens (including phenoxy) is 1. The topological polar surface area (TPSA) is 46.6 Å². The van der Waals surface area contributed by atoms with Gasteiger partial charge in [-0.25, -0.2) is 0 Å². The Balaban J connectivity index is 2.37. The minimum atomic E-state index is -0.194. The number of halogens is 1. The number of carbonyl (C=O) groups excluding carboxylic acids is 2. The maximum atomic E-state index is 12.8. The van der Waals surface area contributed by atoms with E-state index in [1.807, 2.05) is 11.8 Å². The third kappa shape index (κ3) is 4.47. The normalized spacial score (nSPS) is 15.9. The molecule has 0 amide bonds. The number of Topliss-reactive ketones (excluding diaryl/α,β-unsaturated/α-hetero) is 1. The third-order valence-corrected chi connectivity index (χ3v) is 5.51. The Hall–Kier alpha value is -1.72. The van der Waals surface area contributed by atoms with Gasteiger partial charge in [-0.05, 0) is 38.5 Å². The molecule has 0 fully saturated rings. The summed E-state index contributed by atoms with van der Waals surface area (Å²) >= 11 is 7.37. The van der Waals surface area contributed by atoms with Crippen LogP contribution in [0.1, 0.15) is 44.0 Å². The molecule has 1 aliphatic rings. The van der Waals surface area contributed by atoms with E-state index in [9.17, 15) is 9.59 Å². The van der Waals surface area contributed by atoms with Crippen molar-refractivity contribution in [1.29, 1.82) is 0 Å². The fraction of sp³-hybridized carbons (Fsp3) is 0.368. The number of nitrogens with zero attached hydrogens (tertiary/aromatic N) is 1. The van der Waals surface area contributed by atoms with Crippen LogP contribution in [-0.4, -0.2) is 30.1 Å². The highest BCUT2D eigenvalue weighted by molar-refractivity contribution is 8.07. The van der Waals surface area contributed by atoms with Crippen LogP contribution < -0.4 is 4.74 Å². The largest absolute Gasteiger partial charge is 0.496 e. The second-order valence-corrected chi connectivity index (χ2v) is 7.24. The molecule has 0 unspecified atom stereocenters. The second kappa shape index (κ2) is 8.59. The quantitative estimate of drug-likeness (QED) is 0.490. The van der Waals surface area contributed by atoms with Crippen LogP contribution in [0.15, 0.2) is 39.9 Å². The lowest BCUT2D eigenvalue weighted by atomic mass is 10.1. The SMILES string of the molecule is CCCCN1C(C)=C(C(C)=O)S/C1=C\C(=O)c1cc(Cl)ccc1OC. The molecule has 0 atom stereocenters. The summed E-state index contributed by atoms with van der Waals surface area (Å²) < 4.78 is 5.26. The van der Waals surface area contributed by atoms with Crippen molar-refractivity contribution in [1.82, 2.24) is 4.90 Å². The summed E-state index contributed by atoms with van der Waals surface area (Å²) in [6, 6.07) is 4.96. The number of thioether (sulfide) groups is 1. The Bertz CT molecular complexity index is 755. The Morgan fingerprint density at radius 1 is 1.36 bits per heavy atom. The molecule has 0 N–H and O–H groups in total. The Labute approximate surface area is 157 Å². The van der Waals surface area contributed by atoms with Crippen molar-refractivity contribution < 1.29 is 14.3 Å². The molecule has 0 saturated heterocycles. The molecule has 1 aliphatic heterocycles. The van der Waals surface area contributed by atoms with Gasteiger partial charge in [0.15, 0.2) is 11.6 Å². The average molecular weight is 380 g/mol. The predicted octanol–water partition coefficient (Wildman–Crippen LogP) is 5.04. The fourth-order valence-corrected chi connectivity index (χ4v) is 3.90. The van der Waals surface area contributed by atoms with Crippen LogP contribution in [0.5, 0.6) is 5.75 Å². The van der Waals surface area contributed by atoms with Gasteiger partial charge in [0.1, 0.15) is 5.75 Å². The van der Waals surface area contributed by atoms with Crippen LogP contribution in [0, 0.1) is 0 Å². The average Bonchev–Trinajstić information content (AvgIpc) is 2.88. The van der Waals surface area contributed by atoms with Gasteiger partial charge in [0, 0.05) is 23.3 Å². The van der Waals surface area contributed by atoms with Crippen molar-refractivity contribution in [3.8, 4) is 5.75 Å². The van der Waals surface area contributed by atoms with Gasteiger partial charge in [0.25, 0.3) is 0 Å². The number of rotatable bonds is 7. The molecule has 1 heterocycles. The fourth-order valence-electron chi connectivity index (χ4n) is 2.61. The first-order chi connectivity index (χ1) is 11.9. The molecule has 1 aromatic rings. The predicted molar refractivity (Wildman–Crippen MR) is 103 cm³/mol. The van der Waals surface area contributed by atoms with Gasteiger partial charge in [-0.3, -0.25) is 9.59 Å². The van der Waals surface area contributed by atoms with E-state index in [0.717, 1.165) is 30.1 Å². The number of ketones is 2. The van der Waals surface area contributed by atoms with Crippen LogP contribution >= 0.6 is 23.4 Å². The molecule has 25 heavy (non-hydrogen) atoms. The molecular weight excluding hydrogens is 358 g/mol. The van der Waals surface area contributed by atoms with Crippen LogP contribution in [0.25, 0.3) is 0 Å². The van der Waals surface area contributed by atoms with E-state index in [4.69, 9.17) is 16.3 Å². The van der Waals surface area contributed by atoms with Gasteiger partial charge in [-0.1, -0.05) is 36.7 Å². The molecule has 4 nitrogen and oxygen atoms in total. The summed E-state index contributed by atoms with van der Waals surface area (Å²) in [6.07, 6.45) is 3.58. The summed E-state index contributed by atoms with van der Waals surface area (Å²) in [7, 11) is 1.52. The molecule has 0 aromatic heterocycles. The lowest BCUT2D eigenvalue weighted by molar-refractivity contribution is -0.113. The molecular formula is C19H22ClNO3S. The number of carbonyl (C=O) groups is 2. The number of hydrogen-bond donors (Lipinski definition) is 0. The van der Waals surface area contributed by atoms with E-state index in [-0.39, 0.29) is 11.6 Å². The number of methoxy groups -OCH3 is 1. The lowest BCUT2D eigenvalue weighted by Gasteiger charge is -2.21. The lowest BCUT2D eigenvalue weighted by Crippen LogP contribution is -2.18.